The summed E-state index contributed by atoms with van der Waals surface area (Å²) in [5, 5.41) is 14.4. The Labute approximate surface area is 123 Å². The van der Waals surface area contributed by atoms with Crippen LogP contribution in [0.15, 0.2) is 18.2 Å². The second-order valence-electron chi connectivity index (χ2n) is 4.67. The van der Waals surface area contributed by atoms with E-state index in [1.165, 1.54) is 0 Å². The van der Waals surface area contributed by atoms with Gasteiger partial charge in [0.2, 0.25) is 0 Å². The summed E-state index contributed by atoms with van der Waals surface area (Å²) in [5.41, 5.74) is 3.44. The van der Waals surface area contributed by atoms with Gasteiger partial charge in [-0.3, -0.25) is 4.68 Å². The van der Waals surface area contributed by atoms with Gasteiger partial charge in [0.25, 0.3) is 0 Å². The molecule has 1 aromatic heterocycles. The Balaban J connectivity index is 2.25. The SMILES string of the molecule is CCn1nc(C)c(Cl)c1COc1c(C)cccc1CO. The number of nitrogens with zero attached hydrogens (tertiary/aromatic N) is 2. The van der Waals surface area contributed by atoms with Crippen LogP contribution in [0, 0.1) is 13.8 Å². The van der Waals surface area contributed by atoms with E-state index in [0.717, 1.165) is 29.1 Å². The number of para-hydroxylation sites is 1. The summed E-state index contributed by atoms with van der Waals surface area (Å²) in [6.45, 7) is 6.89. The van der Waals surface area contributed by atoms with Gasteiger partial charge in [-0.2, -0.15) is 5.10 Å². The Kier molecular flexibility index (Phi) is 4.68. The molecule has 0 atom stereocenters. The summed E-state index contributed by atoms with van der Waals surface area (Å²) in [7, 11) is 0. The fraction of sp³-hybridized carbons (Fsp3) is 0.400. The molecule has 2 aromatic rings. The van der Waals surface area contributed by atoms with Crippen molar-refractivity contribution in [1.29, 1.82) is 0 Å². The van der Waals surface area contributed by atoms with E-state index in [4.69, 9.17) is 16.3 Å². The molecule has 1 N–H and O–H groups in total. The van der Waals surface area contributed by atoms with Gasteiger partial charge in [-0.25, -0.2) is 0 Å². The minimum absolute atomic E-state index is 0.0448. The van der Waals surface area contributed by atoms with Crippen LogP contribution in [0.1, 0.15) is 29.4 Å². The lowest BCUT2D eigenvalue weighted by atomic mass is 10.1. The van der Waals surface area contributed by atoms with E-state index in [1.807, 2.05) is 43.7 Å². The van der Waals surface area contributed by atoms with E-state index in [2.05, 4.69) is 5.10 Å². The first-order valence-corrected chi connectivity index (χ1v) is 7.00. The number of aliphatic hydroxyl groups is 1. The average molecular weight is 295 g/mol. The third kappa shape index (κ3) is 2.81. The molecule has 2 rings (SSSR count). The second-order valence-corrected chi connectivity index (χ2v) is 5.05. The monoisotopic (exact) mass is 294 g/mol. The van der Waals surface area contributed by atoms with Crippen molar-refractivity contribution < 1.29 is 9.84 Å². The van der Waals surface area contributed by atoms with Crippen LogP contribution in [0.4, 0.5) is 0 Å². The number of hydrogen-bond acceptors (Lipinski definition) is 3. The molecule has 0 saturated carbocycles. The summed E-state index contributed by atoms with van der Waals surface area (Å²) in [4.78, 5) is 0. The van der Waals surface area contributed by atoms with E-state index < -0.39 is 0 Å². The highest BCUT2D eigenvalue weighted by molar-refractivity contribution is 6.31. The normalized spacial score (nSPS) is 10.8. The predicted octanol–water partition coefficient (Wildman–Crippen LogP) is 3.24. The number of hydrogen-bond donors (Lipinski definition) is 1. The van der Waals surface area contributed by atoms with Crippen molar-refractivity contribution in [3.05, 3.63) is 45.7 Å². The molecule has 5 heteroatoms. The van der Waals surface area contributed by atoms with E-state index in [0.29, 0.717) is 17.4 Å². The van der Waals surface area contributed by atoms with Gasteiger partial charge < -0.3 is 9.84 Å². The van der Waals surface area contributed by atoms with Crippen molar-refractivity contribution in [3.63, 3.8) is 0 Å². The van der Waals surface area contributed by atoms with Gasteiger partial charge in [-0.15, -0.1) is 0 Å². The van der Waals surface area contributed by atoms with Gasteiger partial charge in [0.05, 0.1) is 23.0 Å². The van der Waals surface area contributed by atoms with E-state index >= 15 is 0 Å². The van der Waals surface area contributed by atoms with E-state index in [-0.39, 0.29) is 6.61 Å². The van der Waals surface area contributed by atoms with Crippen LogP contribution >= 0.6 is 11.6 Å². The maximum atomic E-state index is 9.38. The van der Waals surface area contributed by atoms with Gasteiger partial charge >= 0.3 is 0 Å². The Morgan fingerprint density at radius 2 is 2.10 bits per heavy atom. The zero-order valence-electron chi connectivity index (χ0n) is 12.0. The van der Waals surface area contributed by atoms with Crippen LogP contribution in [0.25, 0.3) is 0 Å². The standard InChI is InChI=1S/C15H19ClN2O2/c1-4-18-13(14(16)11(3)17-18)9-20-15-10(2)6-5-7-12(15)8-19/h5-7,19H,4,8-9H2,1-3H3. The molecule has 0 unspecified atom stereocenters. The second kappa shape index (κ2) is 6.29. The lowest BCUT2D eigenvalue weighted by molar-refractivity contribution is 0.253. The first kappa shape index (κ1) is 14.9. The van der Waals surface area contributed by atoms with Crippen LogP contribution in [0.5, 0.6) is 5.75 Å². The third-order valence-electron chi connectivity index (χ3n) is 3.27. The number of aliphatic hydroxyl groups excluding tert-OH is 1. The lowest BCUT2D eigenvalue weighted by Gasteiger charge is -2.13. The van der Waals surface area contributed by atoms with Crippen LogP contribution in [-0.4, -0.2) is 14.9 Å². The molecular formula is C15H19ClN2O2. The summed E-state index contributed by atoms with van der Waals surface area (Å²) < 4.78 is 7.72. The zero-order valence-corrected chi connectivity index (χ0v) is 12.7. The topological polar surface area (TPSA) is 47.3 Å². The van der Waals surface area contributed by atoms with Crippen LogP contribution in [0.3, 0.4) is 0 Å². The molecule has 1 aromatic carbocycles. The van der Waals surface area contributed by atoms with Crippen molar-refractivity contribution in [2.75, 3.05) is 0 Å². The maximum absolute atomic E-state index is 9.38. The van der Waals surface area contributed by atoms with Crippen molar-refractivity contribution in [2.24, 2.45) is 0 Å². The predicted molar refractivity (Wildman–Crippen MR) is 79.1 cm³/mol. The Morgan fingerprint density at radius 1 is 1.35 bits per heavy atom. The number of halogens is 1. The maximum Gasteiger partial charge on any atom is 0.131 e. The largest absolute Gasteiger partial charge is 0.487 e. The molecule has 1 heterocycles. The van der Waals surface area contributed by atoms with Gasteiger partial charge in [0.1, 0.15) is 12.4 Å². The van der Waals surface area contributed by atoms with Crippen molar-refractivity contribution >= 4 is 11.6 Å². The average Bonchev–Trinajstić information content (AvgIpc) is 2.72. The molecule has 0 saturated heterocycles. The van der Waals surface area contributed by atoms with Gasteiger partial charge in [-0.1, -0.05) is 29.8 Å². The Hall–Kier alpha value is -1.52. The van der Waals surface area contributed by atoms with Crippen LogP contribution in [-0.2, 0) is 19.8 Å². The summed E-state index contributed by atoms with van der Waals surface area (Å²) >= 11 is 6.26. The highest BCUT2D eigenvalue weighted by Crippen LogP contribution is 2.27. The molecule has 0 spiro atoms. The molecule has 4 nitrogen and oxygen atoms in total. The first-order chi connectivity index (χ1) is 9.58. The highest BCUT2D eigenvalue weighted by atomic mass is 35.5. The summed E-state index contributed by atoms with van der Waals surface area (Å²) in [6.07, 6.45) is 0. The Bertz CT molecular complexity index is 608. The first-order valence-electron chi connectivity index (χ1n) is 6.62. The fourth-order valence-electron chi connectivity index (χ4n) is 2.19. The van der Waals surface area contributed by atoms with Crippen molar-refractivity contribution in [3.8, 4) is 5.75 Å². The van der Waals surface area contributed by atoms with Crippen LogP contribution < -0.4 is 4.74 Å². The molecule has 20 heavy (non-hydrogen) atoms. The van der Waals surface area contributed by atoms with Crippen molar-refractivity contribution in [2.45, 2.75) is 40.5 Å². The molecular weight excluding hydrogens is 276 g/mol. The fourth-order valence-corrected chi connectivity index (χ4v) is 2.38. The molecule has 0 radical (unpaired) electrons. The third-order valence-corrected chi connectivity index (χ3v) is 3.76. The van der Waals surface area contributed by atoms with E-state index in [9.17, 15) is 5.11 Å². The number of aryl methyl sites for hydroxylation is 3. The van der Waals surface area contributed by atoms with Gasteiger partial charge in [0, 0.05) is 12.1 Å². The summed E-state index contributed by atoms with van der Waals surface area (Å²) in [5.74, 6) is 0.715. The number of rotatable bonds is 5. The zero-order chi connectivity index (χ0) is 14.7. The molecule has 0 aliphatic heterocycles. The van der Waals surface area contributed by atoms with Gasteiger partial charge in [-0.05, 0) is 26.3 Å². The quantitative estimate of drug-likeness (QED) is 0.921. The number of ether oxygens (including phenoxy) is 1. The Morgan fingerprint density at radius 3 is 2.75 bits per heavy atom. The smallest absolute Gasteiger partial charge is 0.131 e. The van der Waals surface area contributed by atoms with E-state index in [1.54, 1.807) is 0 Å². The molecule has 0 aliphatic carbocycles. The molecule has 0 aliphatic rings. The molecule has 0 bridgehead atoms. The minimum atomic E-state index is -0.0448. The molecule has 0 amide bonds. The van der Waals surface area contributed by atoms with Gasteiger partial charge in [0.15, 0.2) is 0 Å². The van der Waals surface area contributed by atoms with Crippen LogP contribution in [0.2, 0.25) is 5.02 Å². The van der Waals surface area contributed by atoms with Crippen molar-refractivity contribution in [1.82, 2.24) is 9.78 Å². The minimum Gasteiger partial charge on any atom is -0.487 e. The highest BCUT2D eigenvalue weighted by Gasteiger charge is 2.14. The molecule has 0 fully saturated rings. The lowest BCUT2D eigenvalue weighted by Crippen LogP contribution is -2.08. The molecule has 108 valence electrons. The summed E-state index contributed by atoms with van der Waals surface area (Å²) in [6, 6.07) is 5.71. The number of benzene rings is 1. The number of aromatic nitrogens is 2.